The molecular weight excluding hydrogens is 338 g/mol. The van der Waals surface area contributed by atoms with Crippen molar-refractivity contribution in [2.75, 3.05) is 14.2 Å². The molecule has 1 aliphatic carbocycles. The molecular formula is C23H27NO3. The molecule has 0 aromatic heterocycles. The highest BCUT2D eigenvalue weighted by Gasteiger charge is 2.33. The Hall–Kier alpha value is -2.75. The van der Waals surface area contributed by atoms with E-state index in [9.17, 15) is 4.79 Å². The van der Waals surface area contributed by atoms with Gasteiger partial charge in [0, 0.05) is 24.2 Å². The van der Waals surface area contributed by atoms with E-state index in [1.165, 1.54) is 12.8 Å². The molecule has 2 aromatic rings. The molecule has 0 aliphatic heterocycles. The van der Waals surface area contributed by atoms with Crippen LogP contribution in [0.3, 0.4) is 0 Å². The van der Waals surface area contributed by atoms with Gasteiger partial charge in [-0.2, -0.15) is 0 Å². The van der Waals surface area contributed by atoms with Crippen LogP contribution in [0.2, 0.25) is 0 Å². The van der Waals surface area contributed by atoms with E-state index < -0.39 is 0 Å². The number of para-hydroxylation sites is 1. The maximum atomic E-state index is 13.0. The smallest absolute Gasteiger partial charge is 0.247 e. The third-order valence-corrected chi connectivity index (χ3v) is 5.14. The second kappa shape index (κ2) is 8.76. The van der Waals surface area contributed by atoms with E-state index in [1.54, 1.807) is 20.3 Å². The summed E-state index contributed by atoms with van der Waals surface area (Å²) in [7, 11) is 3.29. The Labute approximate surface area is 161 Å². The van der Waals surface area contributed by atoms with Gasteiger partial charge in [0.15, 0.2) is 0 Å². The Morgan fingerprint density at radius 3 is 2.44 bits per heavy atom. The molecule has 1 saturated carbocycles. The van der Waals surface area contributed by atoms with E-state index in [4.69, 9.17) is 9.47 Å². The summed E-state index contributed by atoms with van der Waals surface area (Å²) < 4.78 is 10.6. The lowest BCUT2D eigenvalue weighted by Crippen LogP contribution is -2.38. The lowest BCUT2D eigenvalue weighted by atomic mass is 10.1. The molecule has 1 fully saturated rings. The van der Waals surface area contributed by atoms with Gasteiger partial charge in [-0.1, -0.05) is 30.3 Å². The summed E-state index contributed by atoms with van der Waals surface area (Å²) in [4.78, 5) is 15.0. The fourth-order valence-corrected chi connectivity index (χ4v) is 3.24. The van der Waals surface area contributed by atoms with E-state index >= 15 is 0 Å². The molecule has 4 nitrogen and oxygen atoms in total. The lowest BCUT2D eigenvalue weighted by molar-refractivity contribution is -0.129. The summed E-state index contributed by atoms with van der Waals surface area (Å²) >= 11 is 0. The number of rotatable bonds is 8. The van der Waals surface area contributed by atoms with Crippen LogP contribution in [0.1, 0.15) is 30.9 Å². The van der Waals surface area contributed by atoms with Gasteiger partial charge in [0.1, 0.15) is 11.5 Å². The Kier molecular flexibility index (Phi) is 6.17. The van der Waals surface area contributed by atoms with E-state index in [2.05, 4.69) is 6.92 Å². The number of nitrogens with zero attached hydrogens (tertiary/aromatic N) is 1. The standard InChI is InChI=1S/C23H27NO3/c1-17(19-10-11-19)24(16-18-8-13-21(26-2)14-9-18)23(25)15-12-20-6-4-5-7-22(20)27-3/h4-9,12-15,17,19H,10-11,16H2,1-3H3/b15-12+. The van der Waals surface area contributed by atoms with E-state index in [-0.39, 0.29) is 11.9 Å². The van der Waals surface area contributed by atoms with Crippen molar-refractivity contribution in [2.24, 2.45) is 5.92 Å². The van der Waals surface area contributed by atoms with Crippen molar-refractivity contribution < 1.29 is 14.3 Å². The first-order valence-electron chi connectivity index (χ1n) is 9.37. The summed E-state index contributed by atoms with van der Waals surface area (Å²) in [5.41, 5.74) is 2.00. The zero-order valence-electron chi connectivity index (χ0n) is 16.2. The molecule has 1 amide bonds. The summed E-state index contributed by atoms with van der Waals surface area (Å²) in [6.07, 6.45) is 5.88. The molecule has 1 unspecified atom stereocenters. The number of carbonyl (C=O) groups excluding carboxylic acids is 1. The highest BCUT2D eigenvalue weighted by Crippen LogP contribution is 2.36. The average molecular weight is 365 g/mol. The first kappa shape index (κ1) is 19.0. The first-order chi connectivity index (χ1) is 13.1. The van der Waals surface area contributed by atoms with Gasteiger partial charge in [0.05, 0.1) is 14.2 Å². The van der Waals surface area contributed by atoms with Crippen molar-refractivity contribution in [1.82, 2.24) is 4.90 Å². The molecule has 3 rings (SSSR count). The molecule has 0 spiro atoms. The first-order valence-corrected chi connectivity index (χ1v) is 9.37. The minimum Gasteiger partial charge on any atom is -0.497 e. The zero-order chi connectivity index (χ0) is 19.2. The van der Waals surface area contributed by atoms with E-state index in [0.717, 1.165) is 22.6 Å². The van der Waals surface area contributed by atoms with Crippen molar-refractivity contribution in [2.45, 2.75) is 32.4 Å². The Morgan fingerprint density at radius 2 is 1.81 bits per heavy atom. The topological polar surface area (TPSA) is 38.8 Å². The molecule has 4 heteroatoms. The van der Waals surface area contributed by atoms with Crippen LogP contribution in [0.4, 0.5) is 0 Å². The third kappa shape index (κ3) is 4.91. The Morgan fingerprint density at radius 1 is 1.11 bits per heavy atom. The normalized spacial score (nSPS) is 14.8. The number of hydrogen-bond acceptors (Lipinski definition) is 3. The molecule has 1 aliphatic rings. The molecule has 0 heterocycles. The number of benzene rings is 2. The molecule has 142 valence electrons. The lowest BCUT2D eigenvalue weighted by Gasteiger charge is -2.28. The van der Waals surface area contributed by atoms with Gasteiger partial charge in [0.25, 0.3) is 0 Å². The van der Waals surface area contributed by atoms with Crippen LogP contribution in [0.25, 0.3) is 6.08 Å². The van der Waals surface area contributed by atoms with Crippen LogP contribution in [-0.2, 0) is 11.3 Å². The molecule has 2 aromatic carbocycles. The molecule has 0 radical (unpaired) electrons. The third-order valence-electron chi connectivity index (χ3n) is 5.14. The van der Waals surface area contributed by atoms with Gasteiger partial charge in [-0.15, -0.1) is 0 Å². The van der Waals surface area contributed by atoms with Crippen LogP contribution in [0.15, 0.2) is 54.6 Å². The largest absolute Gasteiger partial charge is 0.497 e. The van der Waals surface area contributed by atoms with Crippen molar-refractivity contribution in [3.05, 3.63) is 65.7 Å². The van der Waals surface area contributed by atoms with Crippen molar-refractivity contribution >= 4 is 12.0 Å². The average Bonchev–Trinajstić information content (AvgIpc) is 3.55. The van der Waals surface area contributed by atoms with Crippen LogP contribution >= 0.6 is 0 Å². The SMILES string of the molecule is COc1ccc(CN(C(=O)/C=C/c2ccccc2OC)C(C)C2CC2)cc1. The second-order valence-electron chi connectivity index (χ2n) is 6.97. The van der Waals surface area contributed by atoms with Gasteiger partial charge in [-0.05, 0) is 55.5 Å². The van der Waals surface area contributed by atoms with Gasteiger partial charge < -0.3 is 14.4 Å². The minimum absolute atomic E-state index is 0.0242. The van der Waals surface area contributed by atoms with Gasteiger partial charge in [-0.25, -0.2) is 0 Å². The summed E-state index contributed by atoms with van der Waals surface area (Å²) in [5.74, 6) is 2.21. The number of methoxy groups -OCH3 is 2. The summed E-state index contributed by atoms with van der Waals surface area (Å²) in [5, 5.41) is 0. The maximum absolute atomic E-state index is 13.0. The summed E-state index contributed by atoms with van der Waals surface area (Å²) in [6.45, 7) is 2.74. The molecule has 0 bridgehead atoms. The molecule has 0 saturated heterocycles. The fraction of sp³-hybridized carbons (Fsp3) is 0.348. The van der Waals surface area contributed by atoms with Gasteiger partial charge in [0.2, 0.25) is 5.91 Å². The second-order valence-corrected chi connectivity index (χ2v) is 6.97. The Balaban J connectivity index is 1.77. The molecule has 1 atom stereocenters. The Bertz CT molecular complexity index is 794. The van der Waals surface area contributed by atoms with Gasteiger partial charge in [-0.3, -0.25) is 4.79 Å². The highest BCUT2D eigenvalue weighted by molar-refractivity contribution is 5.92. The monoisotopic (exact) mass is 365 g/mol. The molecule has 0 N–H and O–H groups in total. The number of ether oxygens (including phenoxy) is 2. The fourth-order valence-electron chi connectivity index (χ4n) is 3.24. The predicted octanol–water partition coefficient (Wildman–Crippen LogP) is 4.54. The minimum atomic E-state index is 0.0242. The van der Waals surface area contributed by atoms with E-state index in [1.807, 2.05) is 59.5 Å². The van der Waals surface area contributed by atoms with E-state index in [0.29, 0.717) is 12.5 Å². The maximum Gasteiger partial charge on any atom is 0.247 e. The van der Waals surface area contributed by atoms with Crippen LogP contribution in [0.5, 0.6) is 11.5 Å². The zero-order valence-corrected chi connectivity index (χ0v) is 16.2. The number of hydrogen-bond donors (Lipinski definition) is 0. The van der Waals surface area contributed by atoms with Crippen molar-refractivity contribution in [3.63, 3.8) is 0 Å². The number of carbonyl (C=O) groups is 1. The van der Waals surface area contributed by atoms with Crippen molar-refractivity contribution in [3.8, 4) is 11.5 Å². The van der Waals surface area contributed by atoms with Crippen molar-refractivity contribution in [1.29, 1.82) is 0 Å². The van der Waals surface area contributed by atoms with Crippen LogP contribution < -0.4 is 9.47 Å². The van der Waals surface area contributed by atoms with Gasteiger partial charge >= 0.3 is 0 Å². The molecule has 27 heavy (non-hydrogen) atoms. The van der Waals surface area contributed by atoms with Crippen LogP contribution in [0, 0.1) is 5.92 Å². The quantitative estimate of drug-likeness (QED) is 0.645. The van der Waals surface area contributed by atoms with Crippen LogP contribution in [-0.4, -0.2) is 31.1 Å². The predicted molar refractivity (Wildman–Crippen MR) is 108 cm³/mol. The number of amides is 1. The highest BCUT2D eigenvalue weighted by atomic mass is 16.5. The summed E-state index contributed by atoms with van der Waals surface area (Å²) in [6, 6.07) is 15.8.